The normalized spacial score (nSPS) is 16.9. The highest BCUT2D eigenvalue weighted by molar-refractivity contribution is 8.16. The minimum atomic E-state index is -0.492. The Balaban J connectivity index is 1.68. The summed E-state index contributed by atoms with van der Waals surface area (Å²) in [6.45, 7) is 6.54. The van der Waals surface area contributed by atoms with Gasteiger partial charge in [-0.15, -0.1) is 0 Å². The van der Waals surface area contributed by atoms with Gasteiger partial charge in [0.1, 0.15) is 5.75 Å². The van der Waals surface area contributed by atoms with Crippen LogP contribution in [0.15, 0.2) is 75.9 Å². The van der Waals surface area contributed by atoms with Gasteiger partial charge < -0.3 is 20.3 Å². The van der Waals surface area contributed by atoms with Crippen LogP contribution in [0.5, 0.6) is 5.75 Å². The number of carbonyl (C=O) groups excluding carboxylic acids is 2. The van der Waals surface area contributed by atoms with E-state index in [9.17, 15) is 9.59 Å². The van der Waals surface area contributed by atoms with Crippen LogP contribution >= 0.6 is 23.4 Å². The topological polar surface area (TPSA) is 83.0 Å². The van der Waals surface area contributed by atoms with Gasteiger partial charge in [0.2, 0.25) is 5.91 Å². The van der Waals surface area contributed by atoms with Crippen molar-refractivity contribution in [2.45, 2.75) is 33.2 Å². The molecule has 188 valence electrons. The molecule has 0 saturated heterocycles. The van der Waals surface area contributed by atoms with E-state index in [-0.39, 0.29) is 18.2 Å². The standard InChI is InChI=1S/C27H29ClN4O3S/c1-16(2)14-29-23(33)13-21-15-36-27-30-17(3)24(25(32(21)27)18-6-5-7-19(28)12-18)26(34)31-20-8-10-22(35-4)11-9-20/h5-12,15-16,25H,13-14H2,1-4H3,(H,29,33)(H,31,34). The molecule has 2 N–H and O–H groups in total. The third kappa shape index (κ3) is 5.77. The summed E-state index contributed by atoms with van der Waals surface area (Å²) in [6, 6.07) is 14.1. The van der Waals surface area contributed by atoms with Gasteiger partial charge in [-0.05, 0) is 60.2 Å². The molecule has 0 bridgehead atoms. The van der Waals surface area contributed by atoms with E-state index in [2.05, 4.69) is 24.5 Å². The van der Waals surface area contributed by atoms with Crippen LogP contribution in [0.1, 0.15) is 38.8 Å². The number of methoxy groups -OCH3 is 1. The zero-order valence-corrected chi connectivity index (χ0v) is 22.2. The van der Waals surface area contributed by atoms with Gasteiger partial charge in [0.15, 0.2) is 5.17 Å². The number of amidine groups is 1. The van der Waals surface area contributed by atoms with Gasteiger partial charge in [-0.25, -0.2) is 4.99 Å². The summed E-state index contributed by atoms with van der Waals surface area (Å²) >= 11 is 7.81. The zero-order valence-electron chi connectivity index (χ0n) is 20.7. The predicted octanol–water partition coefficient (Wildman–Crippen LogP) is 5.72. The first-order valence-electron chi connectivity index (χ1n) is 11.7. The van der Waals surface area contributed by atoms with E-state index in [1.807, 2.05) is 35.4 Å². The average molecular weight is 525 g/mol. The van der Waals surface area contributed by atoms with Crippen LogP contribution in [0.25, 0.3) is 0 Å². The third-order valence-corrected chi connectivity index (χ3v) is 6.93. The van der Waals surface area contributed by atoms with Gasteiger partial charge in [-0.2, -0.15) is 0 Å². The maximum absolute atomic E-state index is 13.7. The zero-order chi connectivity index (χ0) is 25.8. The fourth-order valence-corrected chi connectivity index (χ4v) is 5.23. The van der Waals surface area contributed by atoms with E-state index < -0.39 is 6.04 Å². The number of aliphatic imine (C=N–C) groups is 1. The second-order valence-electron chi connectivity index (χ2n) is 9.01. The van der Waals surface area contributed by atoms with E-state index in [0.29, 0.717) is 40.2 Å². The second kappa shape index (κ2) is 11.2. The molecule has 2 heterocycles. The molecule has 0 spiro atoms. The average Bonchev–Trinajstić information content (AvgIpc) is 3.24. The smallest absolute Gasteiger partial charge is 0.255 e. The summed E-state index contributed by atoms with van der Waals surface area (Å²) in [4.78, 5) is 33.1. The molecule has 0 radical (unpaired) electrons. The highest BCUT2D eigenvalue weighted by Crippen LogP contribution is 2.45. The number of amides is 2. The Labute approximate surface area is 220 Å². The van der Waals surface area contributed by atoms with Crippen molar-refractivity contribution in [2.24, 2.45) is 10.9 Å². The Morgan fingerprint density at radius 3 is 2.61 bits per heavy atom. The molecule has 2 aromatic rings. The molecule has 1 unspecified atom stereocenters. The lowest BCUT2D eigenvalue weighted by Gasteiger charge is -2.36. The van der Waals surface area contributed by atoms with Crippen molar-refractivity contribution in [3.05, 3.63) is 81.5 Å². The largest absolute Gasteiger partial charge is 0.497 e. The summed E-state index contributed by atoms with van der Waals surface area (Å²) in [5.74, 6) is 0.709. The fourth-order valence-electron chi connectivity index (χ4n) is 4.07. The summed E-state index contributed by atoms with van der Waals surface area (Å²) in [5.41, 5.74) is 3.37. The molecule has 2 aromatic carbocycles. The molecule has 2 amide bonds. The Hall–Kier alpha value is -3.23. The predicted molar refractivity (Wildman–Crippen MR) is 146 cm³/mol. The summed E-state index contributed by atoms with van der Waals surface area (Å²) in [7, 11) is 1.59. The van der Waals surface area contributed by atoms with Crippen molar-refractivity contribution in [2.75, 3.05) is 19.0 Å². The first-order chi connectivity index (χ1) is 17.3. The van der Waals surface area contributed by atoms with Gasteiger partial charge in [-0.1, -0.05) is 49.3 Å². The summed E-state index contributed by atoms with van der Waals surface area (Å²) < 4.78 is 5.21. The molecule has 2 aliphatic rings. The Kier molecular flexibility index (Phi) is 8.06. The quantitative estimate of drug-likeness (QED) is 0.461. The molecule has 2 aliphatic heterocycles. The van der Waals surface area contributed by atoms with Gasteiger partial charge in [0.25, 0.3) is 5.91 Å². The Morgan fingerprint density at radius 1 is 1.19 bits per heavy atom. The number of benzene rings is 2. The second-order valence-corrected chi connectivity index (χ2v) is 10.3. The lowest BCUT2D eigenvalue weighted by atomic mass is 9.93. The number of hydrogen-bond donors (Lipinski definition) is 2. The lowest BCUT2D eigenvalue weighted by Crippen LogP contribution is -2.39. The Morgan fingerprint density at radius 2 is 1.94 bits per heavy atom. The minimum absolute atomic E-state index is 0.0721. The van der Waals surface area contributed by atoms with Crippen LogP contribution in [0.3, 0.4) is 0 Å². The highest BCUT2D eigenvalue weighted by atomic mass is 35.5. The van der Waals surface area contributed by atoms with Crippen LogP contribution in [-0.4, -0.2) is 35.5 Å². The maximum atomic E-state index is 13.7. The van der Waals surface area contributed by atoms with Crippen LogP contribution in [0, 0.1) is 5.92 Å². The van der Waals surface area contributed by atoms with Gasteiger partial charge in [-0.3, -0.25) is 9.59 Å². The van der Waals surface area contributed by atoms with E-state index in [4.69, 9.17) is 21.3 Å². The fraction of sp³-hybridized carbons (Fsp3) is 0.296. The molecular weight excluding hydrogens is 496 g/mol. The first kappa shape index (κ1) is 25.9. The molecule has 0 aliphatic carbocycles. The van der Waals surface area contributed by atoms with Crippen molar-refractivity contribution in [3.63, 3.8) is 0 Å². The number of fused-ring (bicyclic) bond motifs is 1. The number of hydrogen-bond acceptors (Lipinski definition) is 6. The van der Waals surface area contributed by atoms with Crippen molar-refractivity contribution >= 4 is 46.0 Å². The number of ether oxygens (including phenoxy) is 1. The first-order valence-corrected chi connectivity index (χ1v) is 12.9. The lowest BCUT2D eigenvalue weighted by molar-refractivity contribution is -0.120. The number of carbonyl (C=O) groups is 2. The van der Waals surface area contributed by atoms with Gasteiger partial charge in [0.05, 0.1) is 30.8 Å². The van der Waals surface area contributed by atoms with E-state index in [1.165, 1.54) is 11.8 Å². The third-order valence-electron chi connectivity index (χ3n) is 5.81. The van der Waals surface area contributed by atoms with Crippen molar-refractivity contribution in [3.8, 4) is 5.75 Å². The van der Waals surface area contributed by atoms with Crippen LogP contribution < -0.4 is 15.4 Å². The molecule has 0 aromatic heterocycles. The number of nitrogens with one attached hydrogen (secondary N) is 2. The summed E-state index contributed by atoms with van der Waals surface area (Å²) in [6.07, 6.45) is 0.183. The number of anilines is 1. The highest BCUT2D eigenvalue weighted by Gasteiger charge is 2.40. The van der Waals surface area contributed by atoms with E-state index in [0.717, 1.165) is 16.4 Å². The Bertz CT molecular complexity index is 1250. The SMILES string of the molecule is COc1ccc(NC(=O)C2=C(C)N=C3SC=C(CC(=O)NCC(C)C)N3C2c2cccc(Cl)c2)cc1. The number of thioether (sulfide) groups is 1. The molecule has 9 heteroatoms. The maximum Gasteiger partial charge on any atom is 0.255 e. The van der Waals surface area contributed by atoms with E-state index >= 15 is 0 Å². The number of rotatable bonds is 8. The van der Waals surface area contributed by atoms with Crippen LogP contribution in [0.2, 0.25) is 5.02 Å². The molecule has 36 heavy (non-hydrogen) atoms. The molecular formula is C27H29ClN4O3S. The molecule has 7 nitrogen and oxygen atoms in total. The molecule has 0 saturated carbocycles. The molecule has 0 fully saturated rings. The minimum Gasteiger partial charge on any atom is -0.497 e. The number of nitrogens with zero attached hydrogens (tertiary/aromatic N) is 2. The molecule has 1 atom stereocenters. The number of halogens is 1. The van der Waals surface area contributed by atoms with Crippen molar-refractivity contribution in [1.82, 2.24) is 10.2 Å². The summed E-state index contributed by atoms with van der Waals surface area (Å²) in [5, 5.41) is 9.19. The van der Waals surface area contributed by atoms with Crippen LogP contribution in [-0.2, 0) is 9.59 Å². The monoisotopic (exact) mass is 524 g/mol. The van der Waals surface area contributed by atoms with Gasteiger partial charge in [0, 0.05) is 23.0 Å². The molecule has 4 rings (SSSR count). The van der Waals surface area contributed by atoms with Crippen molar-refractivity contribution < 1.29 is 14.3 Å². The number of allylic oxidation sites excluding steroid dienone is 1. The van der Waals surface area contributed by atoms with Crippen molar-refractivity contribution in [1.29, 1.82) is 0 Å². The van der Waals surface area contributed by atoms with Crippen LogP contribution in [0.4, 0.5) is 5.69 Å². The van der Waals surface area contributed by atoms with E-state index in [1.54, 1.807) is 37.4 Å². The van der Waals surface area contributed by atoms with Gasteiger partial charge >= 0.3 is 0 Å².